The lowest BCUT2D eigenvalue weighted by Gasteiger charge is -2.25. The van der Waals surface area contributed by atoms with Crippen LogP contribution in [0.4, 0.5) is 5.95 Å². The Balaban J connectivity index is 1.68. The van der Waals surface area contributed by atoms with Gasteiger partial charge in [0.25, 0.3) is 5.56 Å². The van der Waals surface area contributed by atoms with Crippen molar-refractivity contribution in [1.82, 2.24) is 19.5 Å². The Hall–Kier alpha value is -0.620. The van der Waals surface area contributed by atoms with Crippen molar-refractivity contribution < 1.29 is 14.4 Å². The molecule has 0 saturated carbocycles. The Kier molecular flexibility index (Phi) is 5.10. The van der Waals surface area contributed by atoms with Crippen LogP contribution in [0, 0.1) is 0 Å². The van der Waals surface area contributed by atoms with Crippen LogP contribution >= 0.6 is 27.4 Å². The van der Waals surface area contributed by atoms with Crippen LogP contribution in [0.3, 0.4) is 0 Å². The van der Waals surface area contributed by atoms with Gasteiger partial charge in [-0.3, -0.25) is 14.3 Å². The molecule has 2 aliphatic rings. The second-order valence-electron chi connectivity index (χ2n) is 5.92. The molecule has 4 N–H and O–H groups in total. The molecule has 0 aliphatic carbocycles. The van der Waals surface area contributed by atoms with E-state index in [9.17, 15) is 9.90 Å². The number of hydrogen-bond acceptors (Lipinski definition) is 10. The zero-order chi connectivity index (χ0) is 18.5. The van der Waals surface area contributed by atoms with Crippen molar-refractivity contribution in [3.05, 3.63) is 16.7 Å². The number of H-pyrrole nitrogens is 1. The van der Waals surface area contributed by atoms with E-state index >= 15 is 0 Å². The fourth-order valence-electron chi connectivity index (χ4n) is 3.08. The molecule has 13 heteroatoms. The second-order valence-corrected chi connectivity index (χ2v) is 16.6. The highest BCUT2D eigenvalue weighted by molar-refractivity contribution is 9.00. The molecule has 4 atom stereocenters. The highest BCUT2D eigenvalue weighted by atomic mass is 33.2. The largest absolute Gasteiger partial charge is 0.386 e. The SMILES string of the molecule is CC[C@H]1O[C@@H](n2cnc3c(=O)[nH]c(N)nc32)[C@H](O)[C@@H]1OP1(=S)SCCS1. The molecule has 2 aliphatic heterocycles. The normalized spacial score (nSPS) is 31.0. The van der Waals surface area contributed by atoms with Crippen LogP contribution < -0.4 is 11.3 Å². The molecule has 0 radical (unpaired) electrons. The number of rotatable bonds is 4. The van der Waals surface area contributed by atoms with E-state index in [1.165, 1.54) is 10.9 Å². The predicted molar refractivity (Wildman–Crippen MR) is 107 cm³/mol. The highest BCUT2D eigenvalue weighted by Gasteiger charge is 2.48. The first kappa shape index (κ1) is 18.7. The molecule has 142 valence electrons. The first-order valence-electron chi connectivity index (χ1n) is 8.05. The van der Waals surface area contributed by atoms with Crippen LogP contribution in [0.2, 0.25) is 0 Å². The number of nitrogens with two attached hydrogens (primary N) is 1. The molecular formula is C13H18N5O4PS3. The van der Waals surface area contributed by atoms with Crippen molar-refractivity contribution in [3.8, 4) is 0 Å². The summed E-state index contributed by atoms with van der Waals surface area (Å²) in [5.74, 6) is 1.90. The predicted octanol–water partition coefficient (Wildman–Crippen LogP) is 1.46. The molecular weight excluding hydrogens is 417 g/mol. The minimum Gasteiger partial charge on any atom is -0.386 e. The number of fused-ring (bicyclic) bond motifs is 1. The number of nitrogens with one attached hydrogen (secondary N) is 1. The Morgan fingerprint density at radius 2 is 2.31 bits per heavy atom. The molecule has 4 rings (SSSR count). The van der Waals surface area contributed by atoms with E-state index in [1.807, 2.05) is 6.92 Å². The molecule has 0 amide bonds. The molecule has 26 heavy (non-hydrogen) atoms. The van der Waals surface area contributed by atoms with Gasteiger partial charge in [-0.2, -0.15) is 4.98 Å². The number of ether oxygens (including phenoxy) is 1. The summed E-state index contributed by atoms with van der Waals surface area (Å²) in [6.45, 7) is 1.96. The lowest BCUT2D eigenvalue weighted by Crippen LogP contribution is -2.33. The molecule has 2 aromatic rings. The standard InChI is InChI=1S/C13H18N5O4PS3/c1-2-6-9(22-23(24)25-3-4-26-23)8(19)12(21-6)18-5-15-7-10(18)16-13(14)17-11(7)20/h5-6,8-9,12,19H,2-4H2,1H3,(H3,14,16,17,20)/t6-,8-,9-,12-/m1/s1. The fourth-order valence-corrected chi connectivity index (χ4v) is 12.4. The molecule has 2 fully saturated rings. The van der Waals surface area contributed by atoms with Gasteiger partial charge in [0.15, 0.2) is 22.1 Å². The third-order valence-electron chi connectivity index (χ3n) is 4.27. The number of hydrogen-bond donors (Lipinski definition) is 3. The van der Waals surface area contributed by atoms with Crippen LogP contribution in [0.1, 0.15) is 19.6 Å². The topological polar surface area (TPSA) is 128 Å². The van der Waals surface area contributed by atoms with E-state index in [0.29, 0.717) is 6.42 Å². The van der Waals surface area contributed by atoms with Crippen molar-refractivity contribution in [3.63, 3.8) is 0 Å². The second kappa shape index (κ2) is 7.08. The summed E-state index contributed by atoms with van der Waals surface area (Å²) < 4.78 is 11.7. The quantitative estimate of drug-likeness (QED) is 0.607. The van der Waals surface area contributed by atoms with Gasteiger partial charge in [0, 0.05) is 11.5 Å². The first-order valence-corrected chi connectivity index (χ1v) is 14.0. The number of nitrogen functional groups attached to an aromatic ring is 1. The molecule has 2 aromatic heterocycles. The molecule has 0 unspecified atom stereocenters. The Morgan fingerprint density at radius 3 is 3.00 bits per heavy atom. The molecule has 0 bridgehead atoms. The van der Waals surface area contributed by atoms with E-state index in [2.05, 4.69) is 15.0 Å². The van der Waals surface area contributed by atoms with Crippen molar-refractivity contribution in [1.29, 1.82) is 0 Å². The first-order chi connectivity index (χ1) is 12.4. The van der Waals surface area contributed by atoms with Crippen LogP contribution in [-0.4, -0.2) is 54.4 Å². The average Bonchev–Trinajstić information content (AvgIpc) is 3.27. The number of nitrogens with zero attached hydrogens (tertiary/aromatic N) is 3. The third-order valence-corrected chi connectivity index (χ3v) is 14.0. The number of anilines is 1. The van der Waals surface area contributed by atoms with Crippen molar-refractivity contribution in [2.24, 2.45) is 0 Å². The van der Waals surface area contributed by atoms with Gasteiger partial charge in [0.1, 0.15) is 12.2 Å². The summed E-state index contributed by atoms with van der Waals surface area (Å²) >= 11 is 8.98. The van der Waals surface area contributed by atoms with Crippen LogP contribution in [0.15, 0.2) is 11.1 Å². The van der Waals surface area contributed by atoms with E-state index in [4.69, 9.17) is 26.8 Å². The average molecular weight is 435 g/mol. The lowest BCUT2D eigenvalue weighted by atomic mass is 10.1. The molecule has 9 nitrogen and oxygen atoms in total. The Bertz CT molecular complexity index is 926. The van der Waals surface area contributed by atoms with Gasteiger partial charge in [0.2, 0.25) is 5.95 Å². The minimum atomic E-state index is -2.06. The number of aliphatic hydroxyl groups excluding tert-OH is 1. The number of aromatic amines is 1. The summed E-state index contributed by atoms with van der Waals surface area (Å²) in [6.07, 6.45) is -0.498. The summed E-state index contributed by atoms with van der Waals surface area (Å²) in [6, 6.07) is 0. The number of aromatic nitrogens is 4. The monoisotopic (exact) mass is 435 g/mol. The number of imidazole rings is 1. The van der Waals surface area contributed by atoms with E-state index in [0.717, 1.165) is 11.5 Å². The maximum Gasteiger partial charge on any atom is 0.280 e. The van der Waals surface area contributed by atoms with Gasteiger partial charge >= 0.3 is 0 Å². The zero-order valence-corrected chi connectivity index (χ0v) is 17.1. The number of aliphatic hydroxyl groups is 1. The summed E-state index contributed by atoms with van der Waals surface area (Å²) in [4.78, 5) is 22.6. The molecule has 4 heterocycles. The van der Waals surface area contributed by atoms with Gasteiger partial charge < -0.3 is 20.1 Å². The van der Waals surface area contributed by atoms with E-state index in [1.54, 1.807) is 22.8 Å². The van der Waals surface area contributed by atoms with Crippen LogP contribution in [0.5, 0.6) is 0 Å². The lowest BCUT2D eigenvalue weighted by molar-refractivity contribution is -0.0355. The van der Waals surface area contributed by atoms with Crippen LogP contribution in [-0.2, 0) is 21.1 Å². The van der Waals surface area contributed by atoms with Gasteiger partial charge in [-0.15, -0.1) is 0 Å². The maximum atomic E-state index is 12.0. The Labute approximate surface area is 162 Å². The molecule has 0 spiro atoms. The summed E-state index contributed by atoms with van der Waals surface area (Å²) in [5, 5.41) is 10.9. The fraction of sp³-hybridized carbons (Fsp3) is 0.615. The van der Waals surface area contributed by atoms with E-state index < -0.39 is 28.7 Å². The van der Waals surface area contributed by atoms with E-state index in [-0.39, 0.29) is 23.2 Å². The summed E-state index contributed by atoms with van der Waals surface area (Å²) in [5.41, 5.74) is 5.61. The van der Waals surface area contributed by atoms with Crippen molar-refractivity contribution in [2.75, 3.05) is 17.2 Å². The molecule has 2 saturated heterocycles. The maximum absolute atomic E-state index is 12.0. The van der Waals surface area contributed by atoms with Gasteiger partial charge in [0.05, 0.1) is 12.4 Å². The highest BCUT2D eigenvalue weighted by Crippen LogP contribution is 2.75. The van der Waals surface area contributed by atoms with Gasteiger partial charge in [-0.05, 0) is 18.2 Å². The van der Waals surface area contributed by atoms with Crippen LogP contribution in [0.25, 0.3) is 11.2 Å². The van der Waals surface area contributed by atoms with Crippen molar-refractivity contribution in [2.45, 2.75) is 37.9 Å². The third kappa shape index (κ3) is 3.21. The van der Waals surface area contributed by atoms with Crippen molar-refractivity contribution >= 4 is 56.4 Å². The molecule has 0 aromatic carbocycles. The zero-order valence-electron chi connectivity index (χ0n) is 13.8. The minimum absolute atomic E-state index is 0.0224. The summed E-state index contributed by atoms with van der Waals surface area (Å²) in [7, 11) is 0. The smallest absolute Gasteiger partial charge is 0.280 e. The Morgan fingerprint density at radius 1 is 1.58 bits per heavy atom. The van der Waals surface area contributed by atoms with Gasteiger partial charge in [-0.25, -0.2) is 4.98 Å². The van der Waals surface area contributed by atoms with Gasteiger partial charge in [-0.1, -0.05) is 29.7 Å².